The number of halogens is 1. The highest BCUT2D eigenvalue weighted by Gasteiger charge is 2.33. The van der Waals surface area contributed by atoms with Gasteiger partial charge in [-0.25, -0.2) is 0 Å². The fourth-order valence-electron chi connectivity index (χ4n) is 3.00. The van der Waals surface area contributed by atoms with Crippen LogP contribution in [0.4, 0.5) is 0 Å². The maximum Gasteiger partial charge on any atom is 0.249 e. The van der Waals surface area contributed by atoms with E-state index >= 15 is 0 Å². The molecule has 0 atom stereocenters. The maximum absolute atomic E-state index is 12.8. The van der Waals surface area contributed by atoms with Crippen LogP contribution in [0.25, 0.3) is 11.5 Å². The molecule has 0 spiro atoms. The molecule has 1 aromatic heterocycles. The number of aromatic nitrogens is 2. The van der Waals surface area contributed by atoms with Crippen molar-refractivity contribution in [2.75, 3.05) is 0 Å². The molecular weight excluding hydrogens is 362 g/mol. The van der Waals surface area contributed by atoms with E-state index < -0.39 is 0 Å². The Kier molecular flexibility index (Phi) is 4.94. The number of aryl methyl sites for hydroxylation is 1. The molecule has 1 aliphatic rings. The Balaban J connectivity index is 1.48. The van der Waals surface area contributed by atoms with Gasteiger partial charge >= 0.3 is 0 Å². The molecule has 27 heavy (non-hydrogen) atoms. The predicted molar refractivity (Wildman–Crippen MR) is 103 cm³/mol. The largest absolute Gasteiger partial charge is 0.419 e. The Hall–Kier alpha value is -2.66. The van der Waals surface area contributed by atoms with Gasteiger partial charge in [0.15, 0.2) is 0 Å². The molecule has 0 aliphatic heterocycles. The first kappa shape index (κ1) is 17.7. The number of hydrogen-bond donors (Lipinski definition) is 0. The second-order valence-electron chi connectivity index (χ2n) is 6.90. The van der Waals surface area contributed by atoms with Gasteiger partial charge in [0.1, 0.15) is 0 Å². The summed E-state index contributed by atoms with van der Waals surface area (Å²) in [5.41, 5.74) is 2.89. The zero-order valence-corrected chi connectivity index (χ0v) is 15.8. The number of hydrogen-bond acceptors (Lipinski definition) is 4. The molecule has 3 aromatic rings. The van der Waals surface area contributed by atoms with Crippen LogP contribution in [-0.4, -0.2) is 27.0 Å². The molecule has 5 nitrogen and oxygen atoms in total. The van der Waals surface area contributed by atoms with Crippen molar-refractivity contribution < 1.29 is 9.21 Å². The zero-order chi connectivity index (χ0) is 18.8. The van der Waals surface area contributed by atoms with E-state index in [2.05, 4.69) is 10.2 Å². The SMILES string of the molecule is Cc1ccc(CC(=O)N(Cc2nnc(-c3ccccc3Cl)o2)C2CC2)cc1. The summed E-state index contributed by atoms with van der Waals surface area (Å²) in [7, 11) is 0. The van der Waals surface area contributed by atoms with Crippen LogP contribution in [0.15, 0.2) is 52.9 Å². The minimum atomic E-state index is 0.0823. The van der Waals surface area contributed by atoms with Crippen molar-refractivity contribution in [3.8, 4) is 11.5 Å². The lowest BCUT2D eigenvalue weighted by atomic mass is 10.1. The predicted octanol–water partition coefficient (Wildman–Crippen LogP) is 4.43. The van der Waals surface area contributed by atoms with E-state index in [-0.39, 0.29) is 11.9 Å². The quantitative estimate of drug-likeness (QED) is 0.633. The first-order valence-electron chi connectivity index (χ1n) is 9.02. The van der Waals surface area contributed by atoms with Crippen molar-refractivity contribution in [2.45, 2.75) is 38.8 Å². The fourth-order valence-corrected chi connectivity index (χ4v) is 3.21. The van der Waals surface area contributed by atoms with Crippen LogP contribution in [0.2, 0.25) is 5.02 Å². The molecule has 1 amide bonds. The molecule has 0 N–H and O–H groups in total. The van der Waals surface area contributed by atoms with Crippen LogP contribution in [-0.2, 0) is 17.8 Å². The second-order valence-corrected chi connectivity index (χ2v) is 7.30. The normalized spacial score (nSPS) is 13.6. The number of carbonyl (C=O) groups is 1. The number of carbonyl (C=O) groups excluding carboxylic acids is 1. The topological polar surface area (TPSA) is 59.2 Å². The third kappa shape index (κ3) is 4.19. The smallest absolute Gasteiger partial charge is 0.249 e. The van der Waals surface area contributed by atoms with Crippen LogP contribution >= 0.6 is 11.6 Å². The van der Waals surface area contributed by atoms with E-state index in [4.69, 9.17) is 16.0 Å². The van der Waals surface area contributed by atoms with Gasteiger partial charge < -0.3 is 9.32 Å². The highest BCUT2D eigenvalue weighted by Crippen LogP contribution is 2.30. The van der Waals surface area contributed by atoms with Crippen LogP contribution in [0.3, 0.4) is 0 Å². The average molecular weight is 382 g/mol. The molecule has 4 rings (SSSR count). The molecule has 1 aliphatic carbocycles. The van der Waals surface area contributed by atoms with Crippen molar-refractivity contribution in [1.29, 1.82) is 0 Å². The Labute approximate surface area is 163 Å². The summed E-state index contributed by atoms with van der Waals surface area (Å²) in [5, 5.41) is 8.77. The first-order chi connectivity index (χ1) is 13.1. The Morgan fingerprint density at radius 1 is 1.15 bits per heavy atom. The molecule has 1 saturated carbocycles. The molecule has 0 bridgehead atoms. The van der Waals surface area contributed by atoms with Gasteiger partial charge in [-0.1, -0.05) is 53.6 Å². The van der Waals surface area contributed by atoms with Crippen LogP contribution < -0.4 is 0 Å². The van der Waals surface area contributed by atoms with E-state index in [1.165, 1.54) is 5.56 Å². The second kappa shape index (κ2) is 7.53. The summed E-state index contributed by atoms with van der Waals surface area (Å²) in [6.07, 6.45) is 2.42. The summed E-state index contributed by atoms with van der Waals surface area (Å²) in [4.78, 5) is 14.7. The van der Waals surface area contributed by atoms with E-state index in [0.717, 1.165) is 18.4 Å². The number of nitrogens with zero attached hydrogens (tertiary/aromatic N) is 3. The lowest BCUT2D eigenvalue weighted by Gasteiger charge is -2.20. The van der Waals surface area contributed by atoms with Crippen molar-refractivity contribution in [2.24, 2.45) is 0 Å². The van der Waals surface area contributed by atoms with Gasteiger partial charge in [0.25, 0.3) is 0 Å². The monoisotopic (exact) mass is 381 g/mol. The molecule has 1 heterocycles. The van der Waals surface area contributed by atoms with Gasteiger partial charge in [-0.2, -0.15) is 0 Å². The molecular formula is C21H20ClN3O2. The highest BCUT2D eigenvalue weighted by molar-refractivity contribution is 6.33. The summed E-state index contributed by atoms with van der Waals surface area (Å²) >= 11 is 6.19. The summed E-state index contributed by atoms with van der Waals surface area (Å²) in [6.45, 7) is 2.36. The molecule has 0 radical (unpaired) electrons. The molecule has 6 heteroatoms. The lowest BCUT2D eigenvalue weighted by molar-refractivity contribution is -0.132. The number of rotatable bonds is 6. The van der Waals surface area contributed by atoms with Crippen molar-refractivity contribution in [3.63, 3.8) is 0 Å². The Morgan fingerprint density at radius 3 is 2.59 bits per heavy atom. The zero-order valence-electron chi connectivity index (χ0n) is 15.1. The van der Waals surface area contributed by atoms with E-state index in [9.17, 15) is 4.79 Å². The van der Waals surface area contributed by atoms with Crippen molar-refractivity contribution in [1.82, 2.24) is 15.1 Å². The Bertz CT molecular complexity index is 948. The van der Waals surface area contributed by atoms with E-state index in [1.807, 2.05) is 54.3 Å². The Morgan fingerprint density at radius 2 is 1.89 bits per heavy atom. The molecule has 1 fully saturated rings. The van der Waals surface area contributed by atoms with Crippen molar-refractivity contribution >= 4 is 17.5 Å². The third-order valence-corrected chi connectivity index (χ3v) is 4.99. The molecule has 2 aromatic carbocycles. The van der Waals surface area contributed by atoms with E-state index in [0.29, 0.717) is 35.3 Å². The molecule has 138 valence electrons. The number of amides is 1. The van der Waals surface area contributed by atoms with Crippen LogP contribution in [0.5, 0.6) is 0 Å². The van der Waals surface area contributed by atoms with Gasteiger partial charge in [0.2, 0.25) is 17.7 Å². The molecule has 0 unspecified atom stereocenters. The third-order valence-electron chi connectivity index (χ3n) is 4.66. The standard InChI is InChI=1S/C21H20ClN3O2/c1-14-6-8-15(9-7-14)12-20(26)25(16-10-11-16)13-19-23-24-21(27-19)17-4-2-3-5-18(17)22/h2-9,16H,10-13H2,1H3. The minimum absolute atomic E-state index is 0.0823. The average Bonchev–Trinajstić information content (AvgIpc) is 3.40. The van der Waals surface area contributed by atoms with E-state index in [1.54, 1.807) is 6.07 Å². The minimum Gasteiger partial charge on any atom is -0.419 e. The summed E-state index contributed by atoms with van der Waals surface area (Å²) < 4.78 is 5.77. The molecule has 0 saturated heterocycles. The number of benzene rings is 2. The van der Waals surface area contributed by atoms with Gasteiger partial charge in [0, 0.05) is 6.04 Å². The van der Waals surface area contributed by atoms with Gasteiger partial charge in [-0.3, -0.25) is 4.79 Å². The lowest BCUT2D eigenvalue weighted by Crippen LogP contribution is -2.33. The van der Waals surface area contributed by atoms with Gasteiger partial charge in [0.05, 0.1) is 23.6 Å². The van der Waals surface area contributed by atoms with Crippen LogP contribution in [0, 0.1) is 6.92 Å². The first-order valence-corrected chi connectivity index (χ1v) is 9.40. The van der Waals surface area contributed by atoms with Gasteiger partial charge in [-0.15, -0.1) is 10.2 Å². The van der Waals surface area contributed by atoms with Crippen LogP contribution in [0.1, 0.15) is 29.9 Å². The summed E-state index contributed by atoms with van der Waals surface area (Å²) in [6, 6.07) is 15.6. The van der Waals surface area contributed by atoms with Gasteiger partial charge in [-0.05, 0) is 37.5 Å². The summed E-state index contributed by atoms with van der Waals surface area (Å²) in [5.74, 6) is 0.880. The van der Waals surface area contributed by atoms with Crippen molar-refractivity contribution in [3.05, 3.63) is 70.6 Å². The maximum atomic E-state index is 12.8. The highest BCUT2D eigenvalue weighted by atomic mass is 35.5. The fraction of sp³-hybridized carbons (Fsp3) is 0.286.